The molecule has 1 saturated heterocycles. The smallest absolute Gasteiger partial charge is 0.410 e. The van der Waals surface area contributed by atoms with Crippen LogP contribution in [-0.4, -0.2) is 29.7 Å². The Morgan fingerprint density at radius 2 is 1.88 bits per heavy atom. The van der Waals surface area contributed by atoms with E-state index < -0.39 is 0 Å². The molecule has 0 aromatic heterocycles. The summed E-state index contributed by atoms with van der Waals surface area (Å²) in [6, 6.07) is 0.466. The number of ether oxygens (including phenoxy) is 1. The number of carbonyl (C=O) groups is 1. The van der Waals surface area contributed by atoms with Crippen molar-refractivity contribution in [1.82, 2.24) is 4.90 Å². The summed E-state index contributed by atoms with van der Waals surface area (Å²) in [5, 5.41) is 0. The van der Waals surface area contributed by atoms with Crippen molar-refractivity contribution >= 4 is 6.09 Å². The molecular weight excluding hydrogens is 202 g/mol. The monoisotopic (exact) mass is 225 g/mol. The zero-order valence-corrected chi connectivity index (χ0v) is 10.4. The molecule has 1 heterocycles. The maximum Gasteiger partial charge on any atom is 0.410 e. The molecule has 0 aromatic carbocycles. The van der Waals surface area contributed by atoms with Gasteiger partial charge in [0.1, 0.15) is 0 Å². The molecule has 16 heavy (non-hydrogen) atoms. The van der Waals surface area contributed by atoms with E-state index in [1.54, 1.807) is 0 Å². The summed E-state index contributed by atoms with van der Waals surface area (Å²) >= 11 is 0. The summed E-state index contributed by atoms with van der Waals surface area (Å²) in [5.74, 6) is 0.738. The molecule has 2 atom stereocenters. The Balaban J connectivity index is 1.99. The first-order valence-corrected chi connectivity index (χ1v) is 6.65. The van der Waals surface area contributed by atoms with Crippen LogP contribution in [0.4, 0.5) is 4.79 Å². The van der Waals surface area contributed by atoms with Gasteiger partial charge in [-0.15, -0.1) is 0 Å². The lowest BCUT2D eigenvalue weighted by molar-refractivity contribution is 0.0241. The van der Waals surface area contributed by atoms with Crippen molar-refractivity contribution in [3.05, 3.63) is 0 Å². The first-order chi connectivity index (χ1) is 7.68. The lowest BCUT2D eigenvalue weighted by atomic mass is 9.78. The van der Waals surface area contributed by atoms with Gasteiger partial charge in [-0.05, 0) is 45.4 Å². The predicted molar refractivity (Wildman–Crippen MR) is 63.3 cm³/mol. The highest BCUT2D eigenvalue weighted by Gasteiger charge is 2.36. The molecule has 0 radical (unpaired) electrons. The first kappa shape index (κ1) is 11.7. The van der Waals surface area contributed by atoms with Gasteiger partial charge in [-0.25, -0.2) is 4.79 Å². The van der Waals surface area contributed by atoms with E-state index in [4.69, 9.17) is 4.74 Å². The Hall–Kier alpha value is -0.730. The van der Waals surface area contributed by atoms with E-state index in [1.165, 1.54) is 32.1 Å². The number of hydrogen-bond donors (Lipinski definition) is 0. The van der Waals surface area contributed by atoms with Crippen molar-refractivity contribution in [1.29, 1.82) is 0 Å². The fraction of sp³-hybridized carbons (Fsp3) is 0.923. The van der Waals surface area contributed by atoms with Crippen molar-refractivity contribution in [2.24, 2.45) is 5.92 Å². The molecule has 1 aliphatic carbocycles. The van der Waals surface area contributed by atoms with Crippen molar-refractivity contribution in [3.8, 4) is 0 Å². The third kappa shape index (κ3) is 2.50. The second kappa shape index (κ2) is 5.07. The Kier molecular flexibility index (Phi) is 3.72. The molecule has 1 saturated carbocycles. The number of amides is 1. The Bertz CT molecular complexity index is 250. The molecular formula is C13H23NO2. The third-order valence-corrected chi connectivity index (χ3v) is 3.81. The Morgan fingerprint density at radius 1 is 1.19 bits per heavy atom. The van der Waals surface area contributed by atoms with Gasteiger partial charge in [0.2, 0.25) is 0 Å². The van der Waals surface area contributed by atoms with Crippen LogP contribution in [-0.2, 0) is 4.74 Å². The van der Waals surface area contributed by atoms with Crippen molar-refractivity contribution in [2.45, 2.75) is 64.5 Å². The average molecular weight is 225 g/mol. The van der Waals surface area contributed by atoms with Gasteiger partial charge >= 0.3 is 6.09 Å². The standard InChI is InChI=1S/C13H23NO2/c1-10(2)16-13(15)14-9-5-7-11-6-3-4-8-12(11)14/h10-12H,3-9H2,1-2H3/t11-,12-/m1/s1. The van der Waals surface area contributed by atoms with E-state index in [9.17, 15) is 4.79 Å². The van der Waals surface area contributed by atoms with Crippen LogP contribution in [0.1, 0.15) is 52.4 Å². The molecule has 3 heteroatoms. The highest BCUT2D eigenvalue weighted by molar-refractivity contribution is 5.68. The number of hydrogen-bond acceptors (Lipinski definition) is 2. The van der Waals surface area contributed by atoms with E-state index in [0.717, 1.165) is 18.9 Å². The molecule has 0 unspecified atom stereocenters. The van der Waals surface area contributed by atoms with E-state index in [-0.39, 0.29) is 12.2 Å². The van der Waals surface area contributed by atoms with Crippen LogP contribution in [0.5, 0.6) is 0 Å². The van der Waals surface area contributed by atoms with Gasteiger partial charge in [0.15, 0.2) is 0 Å². The zero-order valence-electron chi connectivity index (χ0n) is 10.4. The van der Waals surface area contributed by atoms with Crippen LogP contribution in [0.25, 0.3) is 0 Å². The summed E-state index contributed by atoms with van der Waals surface area (Å²) in [5.41, 5.74) is 0. The fourth-order valence-corrected chi connectivity index (χ4v) is 3.12. The van der Waals surface area contributed by atoms with Crippen LogP contribution in [0.15, 0.2) is 0 Å². The normalized spacial score (nSPS) is 30.1. The Labute approximate surface area is 98.1 Å². The minimum absolute atomic E-state index is 0.00327. The molecule has 0 bridgehead atoms. The highest BCUT2D eigenvalue weighted by Crippen LogP contribution is 2.35. The molecule has 2 aliphatic rings. The number of likely N-dealkylation sites (tertiary alicyclic amines) is 1. The van der Waals surface area contributed by atoms with Gasteiger partial charge in [-0.1, -0.05) is 12.8 Å². The molecule has 1 aliphatic heterocycles. The van der Waals surface area contributed by atoms with Gasteiger partial charge in [0.25, 0.3) is 0 Å². The molecule has 92 valence electrons. The molecule has 1 amide bonds. The maximum absolute atomic E-state index is 12.0. The van der Waals surface area contributed by atoms with Gasteiger partial charge < -0.3 is 9.64 Å². The van der Waals surface area contributed by atoms with E-state index in [0.29, 0.717) is 6.04 Å². The summed E-state index contributed by atoms with van der Waals surface area (Å²) in [7, 11) is 0. The van der Waals surface area contributed by atoms with Crippen LogP contribution in [0, 0.1) is 5.92 Å². The number of piperidine rings is 1. The minimum Gasteiger partial charge on any atom is -0.447 e. The van der Waals surface area contributed by atoms with Crippen LogP contribution >= 0.6 is 0 Å². The van der Waals surface area contributed by atoms with Crippen molar-refractivity contribution in [2.75, 3.05) is 6.54 Å². The third-order valence-electron chi connectivity index (χ3n) is 3.81. The highest BCUT2D eigenvalue weighted by atomic mass is 16.6. The lowest BCUT2D eigenvalue weighted by Crippen LogP contribution is -2.50. The largest absolute Gasteiger partial charge is 0.447 e. The number of fused-ring (bicyclic) bond motifs is 1. The maximum atomic E-state index is 12.0. The summed E-state index contributed by atoms with van der Waals surface area (Å²) < 4.78 is 5.33. The molecule has 2 fully saturated rings. The molecule has 3 nitrogen and oxygen atoms in total. The summed E-state index contributed by atoms with van der Waals surface area (Å²) in [4.78, 5) is 14.0. The lowest BCUT2D eigenvalue weighted by Gasteiger charge is -2.43. The van der Waals surface area contributed by atoms with E-state index in [1.807, 2.05) is 18.7 Å². The van der Waals surface area contributed by atoms with Gasteiger partial charge in [0.05, 0.1) is 6.10 Å². The summed E-state index contributed by atoms with van der Waals surface area (Å²) in [6.07, 6.45) is 7.45. The Morgan fingerprint density at radius 3 is 2.62 bits per heavy atom. The van der Waals surface area contributed by atoms with Gasteiger partial charge in [0, 0.05) is 12.6 Å². The quantitative estimate of drug-likeness (QED) is 0.686. The van der Waals surface area contributed by atoms with Gasteiger partial charge in [-0.2, -0.15) is 0 Å². The fourth-order valence-electron chi connectivity index (χ4n) is 3.12. The minimum atomic E-state index is -0.0911. The average Bonchev–Trinajstić information content (AvgIpc) is 2.27. The van der Waals surface area contributed by atoms with Crippen LogP contribution in [0.3, 0.4) is 0 Å². The van der Waals surface area contributed by atoms with E-state index in [2.05, 4.69) is 0 Å². The van der Waals surface area contributed by atoms with Crippen molar-refractivity contribution in [3.63, 3.8) is 0 Å². The number of rotatable bonds is 1. The number of nitrogens with zero attached hydrogens (tertiary/aromatic N) is 1. The predicted octanol–water partition coefficient (Wildman–Crippen LogP) is 3.19. The summed E-state index contributed by atoms with van der Waals surface area (Å²) in [6.45, 7) is 4.73. The molecule has 2 rings (SSSR count). The SMILES string of the molecule is CC(C)OC(=O)N1CCC[C@H]2CCCC[C@H]21. The van der Waals surface area contributed by atoms with Gasteiger partial charge in [-0.3, -0.25) is 0 Å². The molecule has 0 N–H and O–H groups in total. The second-order valence-corrected chi connectivity index (χ2v) is 5.38. The van der Waals surface area contributed by atoms with Crippen molar-refractivity contribution < 1.29 is 9.53 Å². The van der Waals surface area contributed by atoms with E-state index >= 15 is 0 Å². The number of carbonyl (C=O) groups excluding carboxylic acids is 1. The molecule has 0 spiro atoms. The van der Waals surface area contributed by atoms with Crippen LogP contribution < -0.4 is 0 Å². The molecule has 0 aromatic rings. The van der Waals surface area contributed by atoms with Crippen LogP contribution in [0.2, 0.25) is 0 Å². The second-order valence-electron chi connectivity index (χ2n) is 5.38. The first-order valence-electron chi connectivity index (χ1n) is 6.65. The zero-order chi connectivity index (χ0) is 11.5. The topological polar surface area (TPSA) is 29.5 Å².